The molecule has 1 aromatic heterocycles. The summed E-state index contributed by atoms with van der Waals surface area (Å²) in [6.07, 6.45) is 7.43. The van der Waals surface area contributed by atoms with Gasteiger partial charge in [-0.2, -0.15) is 0 Å². The number of halogens is 1. The van der Waals surface area contributed by atoms with Crippen molar-refractivity contribution in [1.82, 2.24) is 4.57 Å². The van der Waals surface area contributed by atoms with Crippen molar-refractivity contribution in [1.29, 1.82) is 0 Å². The second-order valence-corrected chi connectivity index (χ2v) is 10.8. The summed E-state index contributed by atoms with van der Waals surface area (Å²) in [5.74, 6) is -0.853. The van der Waals surface area contributed by atoms with Gasteiger partial charge in [-0.05, 0) is 87.1 Å². The quantitative estimate of drug-likeness (QED) is 0.371. The number of aromatic nitrogens is 1. The molecule has 2 aromatic carbocycles. The zero-order chi connectivity index (χ0) is 25.6. The van der Waals surface area contributed by atoms with E-state index in [2.05, 4.69) is 4.57 Å². The van der Waals surface area contributed by atoms with Crippen molar-refractivity contribution in [2.45, 2.75) is 70.9 Å². The molecule has 1 saturated carbocycles. The lowest BCUT2D eigenvalue weighted by Gasteiger charge is -2.24. The predicted octanol–water partition coefficient (Wildman–Crippen LogP) is 7.02. The van der Waals surface area contributed by atoms with Crippen LogP contribution in [0.25, 0.3) is 28.2 Å². The topological polar surface area (TPSA) is 57.5 Å². The van der Waals surface area contributed by atoms with Crippen LogP contribution < -0.4 is 0 Å². The van der Waals surface area contributed by atoms with Gasteiger partial charge in [-0.3, -0.25) is 0 Å². The molecule has 1 fully saturated rings. The third-order valence-corrected chi connectivity index (χ3v) is 7.13. The van der Waals surface area contributed by atoms with E-state index < -0.39 is 11.6 Å². The number of benzene rings is 2. The average Bonchev–Trinajstić information content (AvgIpc) is 3.05. The second kappa shape index (κ2) is 9.23. The molecule has 1 aliphatic heterocycles. The lowest BCUT2D eigenvalue weighted by molar-refractivity contribution is -0.136. The zero-order valence-corrected chi connectivity index (χ0v) is 21.3. The maximum Gasteiger partial charge on any atom is 0.338 e. The van der Waals surface area contributed by atoms with Gasteiger partial charge in [0.25, 0.3) is 0 Å². The second-order valence-electron chi connectivity index (χ2n) is 10.8. The van der Waals surface area contributed by atoms with E-state index in [9.17, 15) is 14.0 Å². The molecule has 1 aliphatic carbocycles. The van der Waals surface area contributed by atoms with E-state index in [0.29, 0.717) is 22.6 Å². The minimum absolute atomic E-state index is 0.263. The van der Waals surface area contributed by atoms with Crippen molar-refractivity contribution in [3.8, 4) is 11.3 Å². The van der Waals surface area contributed by atoms with E-state index in [1.54, 1.807) is 12.1 Å². The molecule has 0 atom stereocenters. The van der Waals surface area contributed by atoms with Crippen LogP contribution in [-0.2, 0) is 20.8 Å². The van der Waals surface area contributed by atoms with Crippen molar-refractivity contribution in [3.63, 3.8) is 0 Å². The van der Waals surface area contributed by atoms with Gasteiger partial charge in [0.2, 0.25) is 0 Å². The fraction of sp³-hybridized carbons (Fsp3) is 0.400. The van der Waals surface area contributed by atoms with Crippen LogP contribution in [0.4, 0.5) is 4.39 Å². The smallest absolute Gasteiger partial charge is 0.338 e. The van der Waals surface area contributed by atoms with E-state index in [-0.39, 0.29) is 18.3 Å². The van der Waals surface area contributed by atoms with Crippen LogP contribution in [0.3, 0.4) is 0 Å². The number of hydrogen-bond acceptors (Lipinski definition) is 4. The fourth-order valence-corrected chi connectivity index (χ4v) is 5.63. The van der Waals surface area contributed by atoms with Crippen molar-refractivity contribution >= 4 is 28.9 Å². The Morgan fingerprint density at radius 1 is 1.00 bits per heavy atom. The Morgan fingerprint density at radius 2 is 1.75 bits per heavy atom. The highest BCUT2D eigenvalue weighted by Gasteiger charge is 2.31. The maximum atomic E-state index is 14.3. The highest BCUT2D eigenvalue weighted by molar-refractivity contribution is 6.02. The molecule has 0 saturated heterocycles. The highest BCUT2D eigenvalue weighted by Crippen LogP contribution is 2.46. The molecule has 0 amide bonds. The summed E-state index contributed by atoms with van der Waals surface area (Å²) < 4.78 is 27.1. The lowest BCUT2D eigenvalue weighted by atomic mass is 9.81. The van der Waals surface area contributed by atoms with Gasteiger partial charge in [0, 0.05) is 16.5 Å². The molecular formula is C30H32FNO4. The third kappa shape index (κ3) is 4.45. The van der Waals surface area contributed by atoms with E-state index in [4.69, 9.17) is 9.47 Å². The molecule has 5 nitrogen and oxygen atoms in total. The molecular weight excluding hydrogens is 457 g/mol. The van der Waals surface area contributed by atoms with Gasteiger partial charge in [-0.1, -0.05) is 25.3 Å². The fourth-order valence-electron chi connectivity index (χ4n) is 5.63. The van der Waals surface area contributed by atoms with Crippen LogP contribution in [0.5, 0.6) is 0 Å². The molecule has 5 rings (SSSR count). The molecule has 0 bridgehead atoms. The normalized spacial score (nSPS) is 16.1. The lowest BCUT2D eigenvalue weighted by Crippen LogP contribution is -2.23. The third-order valence-electron chi connectivity index (χ3n) is 7.13. The van der Waals surface area contributed by atoms with E-state index >= 15 is 0 Å². The van der Waals surface area contributed by atoms with E-state index in [1.165, 1.54) is 31.2 Å². The number of carbonyl (C=O) groups excluding carboxylic acids is 2. The molecule has 0 N–H and O–H groups in total. The molecule has 0 unspecified atom stereocenters. The molecule has 0 spiro atoms. The minimum atomic E-state index is -0.612. The molecule has 2 aliphatic rings. The molecule has 188 valence electrons. The summed E-state index contributed by atoms with van der Waals surface area (Å²) >= 11 is 0. The maximum absolute atomic E-state index is 14.3. The SMILES string of the molecule is COC(=O)C1=Cc2cc(F)ccc2-c2c(C3CCCCC3)c3ccc(C(=O)OC(C)(C)C)cc3n2C1. The molecule has 2 heterocycles. The Morgan fingerprint density at radius 3 is 2.44 bits per heavy atom. The first-order chi connectivity index (χ1) is 17.2. The Labute approximate surface area is 210 Å². The highest BCUT2D eigenvalue weighted by atomic mass is 19.1. The van der Waals surface area contributed by atoms with Crippen molar-refractivity contribution in [3.05, 3.63) is 64.5 Å². The predicted molar refractivity (Wildman–Crippen MR) is 138 cm³/mol. The number of fused-ring (bicyclic) bond motifs is 5. The van der Waals surface area contributed by atoms with Crippen LogP contribution in [-0.4, -0.2) is 29.2 Å². The first-order valence-electron chi connectivity index (χ1n) is 12.6. The first-order valence-corrected chi connectivity index (χ1v) is 12.6. The van der Waals surface area contributed by atoms with Crippen molar-refractivity contribution in [2.75, 3.05) is 7.11 Å². The van der Waals surface area contributed by atoms with Gasteiger partial charge in [0.1, 0.15) is 11.4 Å². The number of rotatable bonds is 3. The number of methoxy groups -OCH3 is 1. The summed E-state index contributed by atoms with van der Waals surface area (Å²) in [5, 5.41) is 1.06. The monoisotopic (exact) mass is 489 g/mol. The average molecular weight is 490 g/mol. The standard InChI is InChI=1S/C30H32FNO4/c1-30(2,3)36-29(34)19-10-12-24-25(16-19)32-17-21(28(33)35-4)14-20-15-22(31)11-13-23(20)27(32)26(24)18-8-6-5-7-9-18/h10-16,18H,5-9,17H2,1-4H3. The molecule has 36 heavy (non-hydrogen) atoms. The Balaban J connectivity index is 1.79. The summed E-state index contributed by atoms with van der Waals surface area (Å²) in [6, 6.07) is 10.4. The van der Waals surface area contributed by atoms with Gasteiger partial charge in [0.05, 0.1) is 30.5 Å². The van der Waals surface area contributed by atoms with E-state index in [1.807, 2.05) is 39.0 Å². The van der Waals surface area contributed by atoms with Crippen LogP contribution >= 0.6 is 0 Å². The molecule has 6 heteroatoms. The zero-order valence-electron chi connectivity index (χ0n) is 21.3. The first kappa shape index (κ1) is 24.3. The van der Waals surface area contributed by atoms with Crippen LogP contribution in [0, 0.1) is 5.82 Å². The van der Waals surface area contributed by atoms with Gasteiger partial charge in [-0.15, -0.1) is 0 Å². The Kier molecular flexibility index (Phi) is 6.23. The van der Waals surface area contributed by atoms with Crippen molar-refractivity contribution in [2.24, 2.45) is 0 Å². The number of nitrogens with zero attached hydrogens (tertiary/aromatic N) is 1. The number of esters is 2. The summed E-state index contributed by atoms with van der Waals surface area (Å²) in [6.45, 7) is 5.80. The van der Waals surface area contributed by atoms with Crippen LogP contribution in [0.1, 0.15) is 80.3 Å². The number of carbonyl (C=O) groups is 2. The largest absolute Gasteiger partial charge is 0.466 e. The van der Waals surface area contributed by atoms with Gasteiger partial charge in [0.15, 0.2) is 0 Å². The van der Waals surface area contributed by atoms with Crippen LogP contribution in [0.15, 0.2) is 42.0 Å². The summed E-state index contributed by atoms with van der Waals surface area (Å²) in [7, 11) is 1.35. The molecule has 0 radical (unpaired) electrons. The van der Waals surface area contributed by atoms with Gasteiger partial charge < -0.3 is 14.0 Å². The van der Waals surface area contributed by atoms with Crippen LogP contribution in [0.2, 0.25) is 0 Å². The number of ether oxygens (including phenoxy) is 2. The Hall–Kier alpha value is -3.41. The number of hydrogen-bond donors (Lipinski definition) is 0. The summed E-state index contributed by atoms with van der Waals surface area (Å²) in [4.78, 5) is 25.7. The minimum Gasteiger partial charge on any atom is -0.466 e. The van der Waals surface area contributed by atoms with Gasteiger partial charge >= 0.3 is 11.9 Å². The molecule has 3 aromatic rings. The Bertz CT molecular complexity index is 1390. The van der Waals surface area contributed by atoms with Crippen molar-refractivity contribution < 1.29 is 23.5 Å². The van der Waals surface area contributed by atoms with Gasteiger partial charge in [-0.25, -0.2) is 14.0 Å². The summed E-state index contributed by atoms with van der Waals surface area (Å²) in [5.41, 5.74) is 4.88. The van der Waals surface area contributed by atoms with E-state index in [0.717, 1.165) is 47.8 Å².